The van der Waals surface area contributed by atoms with Crippen LogP contribution in [0.4, 0.5) is 0 Å². The number of hydrogen-bond acceptors (Lipinski definition) is 4. The minimum Gasteiger partial charge on any atom is -1.00 e. The van der Waals surface area contributed by atoms with Crippen LogP contribution < -0.4 is 23.0 Å². The van der Waals surface area contributed by atoms with Crippen molar-refractivity contribution in [1.82, 2.24) is 10.6 Å². The Morgan fingerprint density at radius 3 is 2.30 bits per heavy atom. The number of carbonyl (C=O) groups is 2. The van der Waals surface area contributed by atoms with Gasteiger partial charge < -0.3 is 32.1 Å². The maximum absolute atomic E-state index is 11.4. The van der Waals surface area contributed by atoms with E-state index in [9.17, 15) is 14.7 Å². The second-order valence-electron chi connectivity index (χ2n) is 5.33. The Morgan fingerprint density at radius 1 is 1.40 bits per heavy atom. The van der Waals surface area contributed by atoms with Gasteiger partial charge >= 0.3 is 0 Å². The molecule has 0 aliphatic heterocycles. The fraction of sp³-hybridized carbons (Fsp3) is 0.692. The quantitative estimate of drug-likeness (QED) is 0.180. The van der Waals surface area contributed by atoms with Crippen LogP contribution in [-0.4, -0.2) is 61.4 Å². The summed E-state index contributed by atoms with van der Waals surface area (Å²) in [6, 6.07) is 0. The highest BCUT2D eigenvalue weighted by Gasteiger charge is 2.32. The third-order valence-electron chi connectivity index (χ3n) is 2.76. The van der Waals surface area contributed by atoms with E-state index in [0.717, 1.165) is 0 Å². The Balaban J connectivity index is 0. The van der Waals surface area contributed by atoms with Gasteiger partial charge in [0.2, 0.25) is 5.91 Å². The lowest BCUT2D eigenvalue weighted by Gasteiger charge is -2.38. The van der Waals surface area contributed by atoms with Crippen LogP contribution in [0.25, 0.3) is 0 Å². The van der Waals surface area contributed by atoms with Crippen molar-refractivity contribution in [3.63, 3.8) is 0 Å². The van der Waals surface area contributed by atoms with Crippen molar-refractivity contribution in [3.8, 4) is 0 Å². The summed E-state index contributed by atoms with van der Waals surface area (Å²) in [5, 5.41) is 15.9. The largest absolute Gasteiger partial charge is 1.00 e. The molecule has 0 fully saturated rings. The second-order valence-corrected chi connectivity index (χ2v) is 5.33. The van der Waals surface area contributed by atoms with Crippen molar-refractivity contribution in [2.75, 3.05) is 21.1 Å². The minimum atomic E-state index is -0.835. The third kappa shape index (κ3) is 7.59. The van der Waals surface area contributed by atoms with Gasteiger partial charge in [-0.25, -0.2) is 5.32 Å². The first-order chi connectivity index (χ1) is 8.76. The molecular formula is C13H26ClN3O3. The van der Waals surface area contributed by atoms with Gasteiger partial charge in [-0.05, 0) is 0 Å². The zero-order valence-electron chi connectivity index (χ0n) is 12.6. The zero-order valence-corrected chi connectivity index (χ0v) is 13.4. The van der Waals surface area contributed by atoms with Crippen LogP contribution in [0.1, 0.15) is 19.8 Å². The molecule has 0 saturated heterocycles. The summed E-state index contributed by atoms with van der Waals surface area (Å²) in [6.45, 7) is 5.41. The summed E-state index contributed by atoms with van der Waals surface area (Å²) in [7, 11) is 5.69. The van der Waals surface area contributed by atoms with E-state index in [1.54, 1.807) is 13.0 Å². The van der Waals surface area contributed by atoms with Crippen LogP contribution in [0, 0.1) is 0 Å². The number of nitrogens with one attached hydrogen (secondary N) is 2. The van der Waals surface area contributed by atoms with Crippen molar-refractivity contribution in [3.05, 3.63) is 12.7 Å². The number of hydrogen-bond donors (Lipinski definition) is 3. The van der Waals surface area contributed by atoms with Crippen LogP contribution >= 0.6 is 0 Å². The van der Waals surface area contributed by atoms with Gasteiger partial charge in [0.1, 0.15) is 18.6 Å². The molecule has 7 heteroatoms. The smallest absolute Gasteiger partial charge is 0.221 e. The van der Waals surface area contributed by atoms with Gasteiger partial charge in [-0.3, -0.25) is 4.79 Å². The van der Waals surface area contributed by atoms with Gasteiger partial charge in [0.05, 0.1) is 21.1 Å². The molecule has 0 aliphatic rings. The molecule has 0 spiro atoms. The number of quaternary nitrogens is 1. The SMILES string of the molecule is C=CC(NC(=O)CC)NC(C(O)CC=O)[N+](C)(C)C.[Cl-]. The van der Waals surface area contributed by atoms with Gasteiger partial charge in [-0.2, -0.15) is 0 Å². The Hall–Kier alpha value is -0.950. The molecule has 1 amide bonds. The van der Waals surface area contributed by atoms with Crippen molar-refractivity contribution in [1.29, 1.82) is 0 Å². The number of nitrogens with zero attached hydrogens (tertiary/aromatic N) is 1. The number of amides is 1. The first kappa shape index (κ1) is 21.4. The van der Waals surface area contributed by atoms with E-state index in [1.165, 1.54) is 0 Å². The van der Waals surface area contributed by atoms with Crippen molar-refractivity contribution in [2.24, 2.45) is 0 Å². The van der Waals surface area contributed by atoms with Gasteiger partial charge in [-0.1, -0.05) is 19.6 Å². The van der Waals surface area contributed by atoms with E-state index in [-0.39, 0.29) is 24.7 Å². The van der Waals surface area contributed by atoms with E-state index < -0.39 is 18.4 Å². The first-order valence-corrected chi connectivity index (χ1v) is 6.37. The highest BCUT2D eigenvalue weighted by Crippen LogP contribution is 2.08. The molecule has 20 heavy (non-hydrogen) atoms. The molecule has 3 N–H and O–H groups in total. The number of aldehydes is 1. The maximum atomic E-state index is 11.4. The van der Waals surface area contributed by atoms with Crippen LogP contribution in [0.5, 0.6) is 0 Å². The molecule has 0 heterocycles. The molecule has 6 nitrogen and oxygen atoms in total. The topological polar surface area (TPSA) is 78.4 Å². The van der Waals surface area contributed by atoms with Gasteiger partial charge in [0.15, 0.2) is 6.17 Å². The van der Waals surface area contributed by atoms with Crippen LogP contribution in [0.2, 0.25) is 0 Å². The highest BCUT2D eigenvalue weighted by molar-refractivity contribution is 5.75. The molecule has 0 aliphatic carbocycles. The van der Waals surface area contributed by atoms with E-state index in [4.69, 9.17) is 0 Å². The fourth-order valence-electron chi connectivity index (χ4n) is 1.71. The number of rotatable bonds is 9. The maximum Gasteiger partial charge on any atom is 0.221 e. The summed E-state index contributed by atoms with van der Waals surface area (Å²) in [6.07, 6.45) is 0.975. The molecule has 3 unspecified atom stereocenters. The molecule has 0 bridgehead atoms. The van der Waals surface area contributed by atoms with Crippen LogP contribution in [-0.2, 0) is 9.59 Å². The average Bonchev–Trinajstić information content (AvgIpc) is 2.32. The highest BCUT2D eigenvalue weighted by atomic mass is 35.5. The second kappa shape index (κ2) is 9.88. The molecule has 0 radical (unpaired) electrons. The minimum absolute atomic E-state index is 0. The molecule has 0 aromatic heterocycles. The van der Waals surface area contributed by atoms with E-state index >= 15 is 0 Å². The van der Waals surface area contributed by atoms with E-state index in [1.807, 2.05) is 21.1 Å². The van der Waals surface area contributed by atoms with Crippen molar-refractivity contribution < 1.29 is 31.6 Å². The summed E-state index contributed by atoms with van der Waals surface area (Å²) < 4.78 is 0.404. The molecule has 0 aromatic rings. The molecular weight excluding hydrogens is 282 g/mol. The standard InChI is InChI=1S/C13H25N3O3.ClH/c1-6-11(14-12(19)7-2)15-13(16(3,4)5)10(18)8-9-17;/h6,9-11,13,15,18H,1,7-8H2,2-5H3;1H. The molecule has 0 aromatic carbocycles. The summed E-state index contributed by atoms with van der Waals surface area (Å²) in [5.74, 6) is -0.109. The predicted molar refractivity (Wildman–Crippen MR) is 74.1 cm³/mol. The number of halogens is 1. The fourth-order valence-corrected chi connectivity index (χ4v) is 1.71. The Bertz CT molecular complexity index is 318. The number of aliphatic hydroxyl groups is 1. The van der Waals surface area contributed by atoms with Gasteiger partial charge in [-0.15, -0.1) is 0 Å². The lowest BCUT2D eigenvalue weighted by Crippen LogP contribution is -3.00. The number of carbonyl (C=O) groups excluding carboxylic acids is 2. The van der Waals surface area contributed by atoms with Gasteiger partial charge in [0, 0.05) is 12.8 Å². The lowest BCUT2D eigenvalue weighted by atomic mass is 10.1. The summed E-state index contributed by atoms with van der Waals surface area (Å²) in [4.78, 5) is 21.9. The molecule has 0 rings (SSSR count). The zero-order chi connectivity index (χ0) is 15.1. The van der Waals surface area contributed by atoms with Crippen LogP contribution in [0.3, 0.4) is 0 Å². The summed E-state index contributed by atoms with van der Waals surface area (Å²) in [5.41, 5.74) is 0. The van der Waals surface area contributed by atoms with Crippen molar-refractivity contribution >= 4 is 12.2 Å². The third-order valence-corrected chi connectivity index (χ3v) is 2.76. The van der Waals surface area contributed by atoms with Crippen LogP contribution in [0.15, 0.2) is 12.7 Å². The first-order valence-electron chi connectivity index (χ1n) is 6.37. The Morgan fingerprint density at radius 2 is 1.95 bits per heavy atom. The van der Waals surface area contributed by atoms with Gasteiger partial charge in [0.25, 0.3) is 0 Å². The number of likely N-dealkylation sites (N-methyl/N-ethyl adjacent to an activating group) is 1. The average molecular weight is 308 g/mol. The Kier molecular flexibility index (Phi) is 10.5. The normalized spacial score (nSPS) is 15.4. The summed E-state index contributed by atoms with van der Waals surface area (Å²) >= 11 is 0. The molecule has 3 atom stereocenters. The predicted octanol–water partition coefficient (Wildman–Crippen LogP) is -3.40. The van der Waals surface area contributed by atoms with Crippen molar-refractivity contribution in [2.45, 2.75) is 38.2 Å². The molecule has 118 valence electrons. The number of aliphatic hydroxyl groups excluding tert-OH is 1. The van der Waals surface area contributed by atoms with E-state index in [0.29, 0.717) is 17.2 Å². The molecule has 0 saturated carbocycles. The Labute approximate surface area is 127 Å². The lowest BCUT2D eigenvalue weighted by molar-refractivity contribution is -0.903. The monoisotopic (exact) mass is 307 g/mol. The van der Waals surface area contributed by atoms with E-state index in [2.05, 4.69) is 17.2 Å².